The van der Waals surface area contributed by atoms with Crippen molar-refractivity contribution < 1.29 is 17.9 Å². The molecule has 0 aliphatic heterocycles. The molecule has 2 aromatic carbocycles. The number of rotatable bonds is 10. The lowest BCUT2D eigenvalue weighted by Gasteiger charge is -2.21. The van der Waals surface area contributed by atoms with Crippen LogP contribution in [0.1, 0.15) is 49.1 Å². The van der Waals surface area contributed by atoms with Crippen LogP contribution < -0.4 is 20.5 Å². The lowest BCUT2D eigenvalue weighted by molar-refractivity contribution is 0.228. The minimum atomic E-state index is -2.64. The molecule has 186 valence electrons. The summed E-state index contributed by atoms with van der Waals surface area (Å²) in [5.74, 6) is -2.56. The van der Waals surface area contributed by atoms with Gasteiger partial charge in [-0.25, -0.2) is 9.37 Å². The topological polar surface area (TPSA) is 96.0 Å². The Morgan fingerprint density at radius 3 is 2.43 bits per heavy atom. The number of aromatic nitrogens is 1. The molecule has 3 aromatic rings. The number of anilines is 3. The molecule has 3 rings (SSSR count). The van der Waals surface area contributed by atoms with E-state index in [4.69, 9.17) is 15.9 Å². The molecule has 35 heavy (non-hydrogen) atoms. The zero-order chi connectivity index (χ0) is 25.7. The second-order valence-electron chi connectivity index (χ2n) is 8.25. The van der Waals surface area contributed by atoms with E-state index in [1.54, 1.807) is 43.5 Å². The van der Waals surface area contributed by atoms with Gasteiger partial charge in [-0.05, 0) is 63.1 Å². The highest BCUT2D eigenvalue weighted by molar-refractivity contribution is 8.00. The molecule has 1 atom stereocenters. The molecule has 0 spiro atoms. The summed E-state index contributed by atoms with van der Waals surface area (Å²) in [6.45, 7) is 7.60. The van der Waals surface area contributed by atoms with Crippen LogP contribution in [0, 0.1) is 18.2 Å². The van der Waals surface area contributed by atoms with Crippen LogP contribution in [-0.2, 0) is 0 Å². The molecular weight excluding hydrogens is 475 g/mol. The van der Waals surface area contributed by atoms with Gasteiger partial charge in [0.2, 0.25) is 0 Å². The third-order valence-corrected chi connectivity index (χ3v) is 5.67. The van der Waals surface area contributed by atoms with E-state index in [1.165, 1.54) is 12.1 Å². The number of pyridine rings is 1. The van der Waals surface area contributed by atoms with Gasteiger partial charge in [0.1, 0.15) is 23.5 Å². The number of ether oxygens (including phenoxy) is 1. The fourth-order valence-corrected chi connectivity index (χ4v) is 3.84. The molecule has 1 aromatic heterocycles. The largest absolute Gasteiger partial charge is 0.484 e. The van der Waals surface area contributed by atoms with Crippen molar-refractivity contribution in [3.05, 3.63) is 76.7 Å². The van der Waals surface area contributed by atoms with Crippen LogP contribution in [0.2, 0.25) is 0 Å². The molecule has 0 bridgehead atoms. The van der Waals surface area contributed by atoms with Gasteiger partial charge in [-0.3, -0.25) is 5.41 Å². The highest BCUT2D eigenvalue weighted by Crippen LogP contribution is 2.35. The number of nitrogens with zero attached hydrogens (tertiary/aromatic N) is 1. The van der Waals surface area contributed by atoms with Crippen LogP contribution >= 0.6 is 11.9 Å². The third kappa shape index (κ3) is 6.60. The van der Waals surface area contributed by atoms with Gasteiger partial charge in [-0.15, -0.1) is 0 Å². The summed E-state index contributed by atoms with van der Waals surface area (Å²) in [6, 6.07) is 10.7. The van der Waals surface area contributed by atoms with Gasteiger partial charge in [-0.2, -0.15) is 8.78 Å². The molecule has 10 heteroatoms. The van der Waals surface area contributed by atoms with E-state index in [0.29, 0.717) is 28.1 Å². The van der Waals surface area contributed by atoms with Gasteiger partial charge in [0.05, 0.1) is 22.6 Å². The van der Waals surface area contributed by atoms with Crippen molar-refractivity contribution in [1.29, 1.82) is 5.41 Å². The summed E-state index contributed by atoms with van der Waals surface area (Å²) < 4.78 is 47.7. The molecule has 5 N–H and O–H groups in total. The third-order valence-electron chi connectivity index (χ3n) is 5.15. The first-order valence-corrected chi connectivity index (χ1v) is 11.8. The summed E-state index contributed by atoms with van der Waals surface area (Å²) >= 11 is 0.241. The molecule has 0 aliphatic carbocycles. The van der Waals surface area contributed by atoms with Crippen LogP contribution in [0.4, 0.5) is 30.4 Å². The number of alkyl halides is 2. The van der Waals surface area contributed by atoms with Gasteiger partial charge in [-0.1, -0.05) is 18.2 Å². The Balaban J connectivity index is 2.01. The highest BCUT2D eigenvalue weighted by Gasteiger charge is 2.20. The Labute approximate surface area is 207 Å². The molecule has 0 fully saturated rings. The number of nitrogen functional groups attached to an aromatic ring is 1. The summed E-state index contributed by atoms with van der Waals surface area (Å²) in [6.07, 6.45) is 1.13. The fourth-order valence-electron chi connectivity index (χ4n) is 3.45. The molecule has 0 saturated carbocycles. The Morgan fingerprint density at radius 1 is 1.11 bits per heavy atom. The summed E-state index contributed by atoms with van der Waals surface area (Å²) in [7, 11) is 0. The summed E-state index contributed by atoms with van der Waals surface area (Å²) in [5, 5.41) is 12.2. The number of benzene rings is 2. The normalized spacial score (nSPS) is 12.0. The highest BCUT2D eigenvalue weighted by atomic mass is 32.2. The number of aryl methyl sites for hydroxylation is 1. The number of nitrogens with two attached hydrogens (primary N) is 1. The molecule has 1 unspecified atom stereocenters. The second-order valence-corrected chi connectivity index (χ2v) is 9.05. The van der Waals surface area contributed by atoms with Crippen LogP contribution in [0.5, 0.6) is 5.75 Å². The molecule has 0 radical (unpaired) electrons. The number of hydrogen-bond donors (Lipinski definition) is 4. The zero-order valence-corrected chi connectivity index (χ0v) is 20.6. The van der Waals surface area contributed by atoms with Gasteiger partial charge in [0, 0.05) is 29.8 Å². The first kappa shape index (κ1) is 26.2. The second kappa shape index (κ2) is 11.4. The van der Waals surface area contributed by atoms with E-state index in [2.05, 4.69) is 15.0 Å². The molecule has 6 nitrogen and oxygen atoms in total. The number of halogens is 3. The van der Waals surface area contributed by atoms with Crippen molar-refractivity contribution in [2.75, 3.05) is 15.8 Å². The zero-order valence-electron chi connectivity index (χ0n) is 19.8. The van der Waals surface area contributed by atoms with Gasteiger partial charge in [0.15, 0.2) is 0 Å². The Morgan fingerprint density at radius 2 is 1.80 bits per heavy atom. The minimum Gasteiger partial charge on any atom is -0.484 e. The van der Waals surface area contributed by atoms with Gasteiger partial charge in [0.25, 0.3) is 0 Å². The first-order chi connectivity index (χ1) is 16.6. The predicted octanol–water partition coefficient (Wildman–Crippen LogP) is 6.77. The van der Waals surface area contributed by atoms with E-state index >= 15 is 0 Å². The number of nitrogens with one attached hydrogen (secondary N) is 3. The Hall–Kier alpha value is -3.40. The van der Waals surface area contributed by atoms with E-state index < -0.39 is 11.9 Å². The Bertz CT molecular complexity index is 1190. The molecule has 0 amide bonds. The van der Waals surface area contributed by atoms with E-state index in [9.17, 15) is 13.2 Å². The van der Waals surface area contributed by atoms with Crippen molar-refractivity contribution >= 4 is 34.9 Å². The van der Waals surface area contributed by atoms with Gasteiger partial charge < -0.3 is 20.5 Å². The minimum absolute atomic E-state index is 0.0930. The lowest BCUT2D eigenvalue weighted by atomic mass is 9.98. The molecule has 0 aliphatic rings. The van der Waals surface area contributed by atoms with Crippen LogP contribution in [0.15, 0.2) is 48.7 Å². The summed E-state index contributed by atoms with van der Waals surface area (Å²) in [4.78, 5) is 4.21. The molecule has 0 saturated heterocycles. The van der Waals surface area contributed by atoms with Crippen molar-refractivity contribution in [3.63, 3.8) is 0 Å². The van der Waals surface area contributed by atoms with Crippen LogP contribution in [-0.4, -0.2) is 22.5 Å². The van der Waals surface area contributed by atoms with Crippen molar-refractivity contribution in [3.8, 4) is 5.75 Å². The standard InChI is InChI=1S/C25H28F3N5OS/c1-13(2)32-23-14(3)12-31-24(30)21(23)22(29)17-7-10-19(33-35-25(27)28)20(11-17)34-15(4)16-5-8-18(26)9-6-16/h5-13,15,25,29,33H,1-4H3,(H3,30,31,32). The van der Waals surface area contributed by atoms with Crippen LogP contribution in [0.25, 0.3) is 0 Å². The fraction of sp³-hybridized carbons (Fsp3) is 0.280. The maximum atomic E-state index is 13.3. The quantitative estimate of drug-likeness (QED) is 0.180. The Kier molecular flexibility index (Phi) is 8.50. The maximum absolute atomic E-state index is 13.3. The van der Waals surface area contributed by atoms with E-state index in [1.807, 2.05) is 20.8 Å². The first-order valence-electron chi connectivity index (χ1n) is 10.9. The van der Waals surface area contributed by atoms with Crippen LogP contribution in [0.3, 0.4) is 0 Å². The average molecular weight is 504 g/mol. The molecular formula is C25H28F3N5OS. The van der Waals surface area contributed by atoms with Gasteiger partial charge >= 0.3 is 5.76 Å². The van der Waals surface area contributed by atoms with Crippen molar-refractivity contribution in [2.45, 2.75) is 45.6 Å². The SMILES string of the molecule is Cc1cnc(N)c(C(=N)c2ccc(NSC(F)F)c(OC(C)c3ccc(F)cc3)c2)c1NC(C)C. The smallest absolute Gasteiger partial charge is 0.302 e. The summed E-state index contributed by atoms with van der Waals surface area (Å²) in [5.41, 5.74) is 9.74. The predicted molar refractivity (Wildman–Crippen MR) is 137 cm³/mol. The lowest BCUT2D eigenvalue weighted by Crippen LogP contribution is -2.18. The van der Waals surface area contributed by atoms with Crippen molar-refractivity contribution in [1.82, 2.24) is 4.98 Å². The van der Waals surface area contributed by atoms with E-state index in [0.717, 1.165) is 5.56 Å². The van der Waals surface area contributed by atoms with Crippen molar-refractivity contribution in [2.24, 2.45) is 0 Å². The maximum Gasteiger partial charge on any atom is 0.302 e. The number of hydrogen-bond acceptors (Lipinski definition) is 7. The average Bonchev–Trinajstić information content (AvgIpc) is 2.80. The molecule has 1 heterocycles. The monoisotopic (exact) mass is 503 g/mol. The van der Waals surface area contributed by atoms with E-state index in [-0.39, 0.29) is 41.1 Å².